The molecule has 73 heavy (non-hydrogen) atoms. The number of esters is 2. The average Bonchev–Trinajstić information content (AvgIpc) is 3.37. The summed E-state index contributed by atoms with van der Waals surface area (Å²) in [5, 5.41) is 20.9. The van der Waals surface area contributed by atoms with E-state index in [1.54, 1.807) is 31.2 Å². The van der Waals surface area contributed by atoms with E-state index in [2.05, 4.69) is 44.9 Å². The van der Waals surface area contributed by atoms with Crippen molar-refractivity contribution >= 4 is 31.8 Å². The number of ether oxygens (including phenoxy) is 3. The number of hydrogen-bond acceptors (Lipinski definition) is 14. The van der Waals surface area contributed by atoms with Crippen LogP contribution in [0.3, 0.4) is 0 Å². The highest BCUT2D eigenvalue weighted by molar-refractivity contribution is 7.47. The Morgan fingerprint density at radius 2 is 0.973 bits per heavy atom. The minimum absolute atomic E-state index is 0.0646. The number of unbranched alkanes of at least 4 members (excludes halogenated alkanes) is 28. The van der Waals surface area contributed by atoms with Crippen molar-refractivity contribution in [3.63, 3.8) is 0 Å². The monoisotopic (exact) mass is 1050 g/mol. The molecule has 0 radical (unpaired) electrons. The quantitative estimate of drug-likeness (QED) is 0.0242. The lowest BCUT2D eigenvalue weighted by atomic mass is 10.0. The molecule has 0 aliphatic heterocycles. The molecular formula is C55H95N6O11P. The summed E-state index contributed by atoms with van der Waals surface area (Å²) in [5.41, 5.74) is 1.47. The standard InChI is InChI=1S/C55H95N6O11P/c1-4-6-8-10-12-14-16-18-20-22-24-26-28-30-32-34-52(63)69-45-50(72-53(64)35-33-31-29-27-25-23-21-19-17-15-13-11-9-7-5-2)46-71-73(66,67)70-43-41-57-55(65)68-42-40-56-51(62)44-48-36-38-49(39-37-48)54-60-58-47(3)59-61-54/h36-39,50H,4-35,40-46H2,1-3H3,(H,56,62)(H,57,65)(H,66,67)/t50-/m1/s1. The molecule has 0 saturated heterocycles. The van der Waals surface area contributed by atoms with Crippen LogP contribution in [0.1, 0.15) is 231 Å². The molecule has 2 atom stereocenters. The van der Waals surface area contributed by atoms with Crippen LogP contribution >= 0.6 is 7.82 Å². The molecule has 0 bridgehead atoms. The molecule has 3 N–H and O–H groups in total. The third-order valence-corrected chi connectivity index (χ3v) is 13.5. The summed E-state index contributed by atoms with van der Waals surface area (Å²) in [6.07, 6.45) is 34.9. The number of carbonyl (C=O) groups excluding carboxylic acids is 4. The SMILES string of the molecule is CCCCCCCCCCCCCCCCCC(=O)OC[C@H](COP(=O)(O)OCCNC(=O)OCCNC(=O)Cc1ccc(-c2nnc(C)nn2)cc1)OC(=O)CCCCCCCCCCCCCCCCC. The van der Waals surface area contributed by atoms with E-state index >= 15 is 0 Å². The molecule has 0 aliphatic carbocycles. The van der Waals surface area contributed by atoms with Gasteiger partial charge in [0, 0.05) is 24.9 Å². The second-order valence-electron chi connectivity index (χ2n) is 19.3. The van der Waals surface area contributed by atoms with Crippen LogP contribution < -0.4 is 10.6 Å². The number of aryl methyl sites for hydroxylation is 1. The molecule has 416 valence electrons. The molecular weight excluding hydrogens is 952 g/mol. The van der Waals surface area contributed by atoms with Gasteiger partial charge >= 0.3 is 25.9 Å². The van der Waals surface area contributed by atoms with E-state index in [1.807, 2.05) is 0 Å². The van der Waals surface area contributed by atoms with Gasteiger partial charge in [-0.15, -0.1) is 20.4 Å². The van der Waals surface area contributed by atoms with Crippen LogP contribution in [-0.2, 0) is 48.6 Å². The van der Waals surface area contributed by atoms with E-state index in [4.69, 9.17) is 23.3 Å². The minimum atomic E-state index is -4.67. The van der Waals surface area contributed by atoms with Crippen molar-refractivity contribution < 1.29 is 51.9 Å². The molecule has 0 saturated carbocycles. The fourth-order valence-electron chi connectivity index (χ4n) is 8.23. The van der Waals surface area contributed by atoms with Gasteiger partial charge in [-0.05, 0) is 25.3 Å². The van der Waals surface area contributed by atoms with Gasteiger partial charge in [-0.3, -0.25) is 23.4 Å². The van der Waals surface area contributed by atoms with Crippen molar-refractivity contribution in [2.75, 3.05) is 39.5 Å². The van der Waals surface area contributed by atoms with E-state index in [9.17, 15) is 28.6 Å². The van der Waals surface area contributed by atoms with Crippen LogP contribution in [0.25, 0.3) is 11.4 Å². The number of benzene rings is 1. The Morgan fingerprint density at radius 3 is 1.45 bits per heavy atom. The van der Waals surface area contributed by atoms with E-state index in [0.29, 0.717) is 30.1 Å². The fourth-order valence-corrected chi connectivity index (χ4v) is 8.98. The molecule has 2 amide bonds. The smallest absolute Gasteiger partial charge is 0.462 e. The Balaban J connectivity index is 1.66. The summed E-state index contributed by atoms with van der Waals surface area (Å²) in [4.78, 5) is 60.5. The number of phosphoric acid groups is 1. The Hall–Kier alpha value is -4.05. The minimum Gasteiger partial charge on any atom is -0.462 e. The molecule has 18 heteroatoms. The number of rotatable bonds is 48. The van der Waals surface area contributed by atoms with Crippen LogP contribution in [0.15, 0.2) is 24.3 Å². The zero-order valence-electron chi connectivity index (χ0n) is 45.2. The highest BCUT2D eigenvalue weighted by Gasteiger charge is 2.26. The second-order valence-corrected chi connectivity index (χ2v) is 20.8. The van der Waals surface area contributed by atoms with Crippen molar-refractivity contribution in [1.82, 2.24) is 31.0 Å². The van der Waals surface area contributed by atoms with Gasteiger partial charge in [0.25, 0.3) is 0 Å². The maximum Gasteiger partial charge on any atom is 0.472 e. The van der Waals surface area contributed by atoms with Crippen LogP contribution in [-0.4, -0.2) is 94.8 Å². The molecule has 17 nitrogen and oxygen atoms in total. The fraction of sp³-hybridized carbons (Fsp3) is 0.782. The lowest BCUT2D eigenvalue weighted by molar-refractivity contribution is -0.161. The number of nitrogens with zero attached hydrogens (tertiary/aromatic N) is 4. The van der Waals surface area contributed by atoms with Crippen LogP contribution in [0.2, 0.25) is 0 Å². The van der Waals surface area contributed by atoms with E-state index in [0.717, 1.165) is 44.1 Å². The molecule has 2 rings (SSSR count). The largest absolute Gasteiger partial charge is 0.472 e. The molecule has 1 aromatic heterocycles. The van der Waals surface area contributed by atoms with Gasteiger partial charge in [0.1, 0.15) is 13.2 Å². The Kier molecular flexibility index (Phi) is 39.5. The molecule has 2 aromatic rings. The highest BCUT2D eigenvalue weighted by atomic mass is 31.2. The summed E-state index contributed by atoms with van der Waals surface area (Å²) in [5.74, 6) is -0.373. The topological polar surface area (TPSA) is 227 Å². The third-order valence-electron chi connectivity index (χ3n) is 12.6. The Labute approximate surface area is 438 Å². The molecule has 1 unspecified atom stereocenters. The van der Waals surface area contributed by atoms with Gasteiger partial charge in [0.15, 0.2) is 11.9 Å². The number of phosphoric ester groups is 1. The molecule has 0 fully saturated rings. The second kappa shape index (κ2) is 44.3. The highest BCUT2D eigenvalue weighted by Crippen LogP contribution is 2.43. The Morgan fingerprint density at radius 1 is 0.534 bits per heavy atom. The van der Waals surface area contributed by atoms with Gasteiger partial charge in [-0.2, -0.15) is 0 Å². The van der Waals surface area contributed by atoms with Crippen LogP contribution in [0.5, 0.6) is 0 Å². The predicted molar refractivity (Wildman–Crippen MR) is 286 cm³/mol. The number of amides is 2. The summed E-state index contributed by atoms with van der Waals surface area (Å²) >= 11 is 0. The van der Waals surface area contributed by atoms with Gasteiger partial charge in [-0.25, -0.2) is 9.36 Å². The summed E-state index contributed by atoms with van der Waals surface area (Å²) in [6, 6.07) is 7.09. The molecule has 1 heterocycles. The zero-order valence-corrected chi connectivity index (χ0v) is 46.1. The van der Waals surface area contributed by atoms with Crippen molar-refractivity contribution in [1.29, 1.82) is 0 Å². The third kappa shape index (κ3) is 38.2. The lowest BCUT2D eigenvalue weighted by Crippen LogP contribution is -2.33. The summed E-state index contributed by atoms with van der Waals surface area (Å²) in [7, 11) is -4.67. The van der Waals surface area contributed by atoms with Crippen molar-refractivity contribution in [3.8, 4) is 11.4 Å². The molecule has 0 aliphatic rings. The number of aromatic nitrogens is 4. The van der Waals surface area contributed by atoms with Crippen molar-refractivity contribution in [2.24, 2.45) is 0 Å². The first-order valence-corrected chi connectivity index (χ1v) is 29.8. The predicted octanol–water partition coefficient (Wildman–Crippen LogP) is 12.7. The summed E-state index contributed by atoms with van der Waals surface area (Å²) in [6.45, 7) is 4.67. The first kappa shape index (κ1) is 65.1. The number of hydrogen-bond donors (Lipinski definition) is 3. The number of carbonyl (C=O) groups is 4. The Bertz CT molecular complexity index is 1760. The number of alkyl carbamates (subject to hydrolysis) is 1. The maximum absolute atomic E-state index is 12.9. The molecule has 0 spiro atoms. The number of nitrogens with one attached hydrogen (secondary N) is 2. The van der Waals surface area contributed by atoms with Gasteiger partial charge in [0.05, 0.1) is 26.2 Å². The van der Waals surface area contributed by atoms with Crippen LogP contribution in [0.4, 0.5) is 4.79 Å². The van der Waals surface area contributed by atoms with Crippen molar-refractivity contribution in [2.45, 2.75) is 239 Å². The van der Waals surface area contributed by atoms with E-state index < -0.39 is 45.2 Å². The van der Waals surface area contributed by atoms with Gasteiger partial charge in [0.2, 0.25) is 11.7 Å². The van der Waals surface area contributed by atoms with Crippen LogP contribution in [0, 0.1) is 6.92 Å². The summed E-state index contributed by atoms with van der Waals surface area (Å²) < 4.78 is 39.0. The van der Waals surface area contributed by atoms with E-state index in [1.165, 1.54) is 141 Å². The van der Waals surface area contributed by atoms with Gasteiger partial charge < -0.3 is 29.7 Å². The maximum atomic E-state index is 12.9. The normalized spacial score (nSPS) is 12.5. The molecule has 1 aromatic carbocycles. The van der Waals surface area contributed by atoms with Crippen molar-refractivity contribution in [3.05, 3.63) is 35.7 Å². The zero-order chi connectivity index (χ0) is 52.9. The van der Waals surface area contributed by atoms with Gasteiger partial charge in [-0.1, -0.05) is 218 Å². The first-order chi connectivity index (χ1) is 35.5. The van der Waals surface area contributed by atoms with E-state index in [-0.39, 0.29) is 51.5 Å². The lowest BCUT2D eigenvalue weighted by Gasteiger charge is -2.20. The average molecular weight is 1050 g/mol. The first-order valence-electron chi connectivity index (χ1n) is 28.3.